The molecule has 2 N–H and O–H groups in total. The van der Waals surface area contributed by atoms with Crippen LogP contribution in [0.1, 0.15) is 5.82 Å². The van der Waals surface area contributed by atoms with Gasteiger partial charge in [-0.1, -0.05) is 0 Å². The van der Waals surface area contributed by atoms with Crippen LogP contribution in [-0.4, -0.2) is 61.8 Å². The molecule has 0 aliphatic carbocycles. The number of anilines is 1. The molecular formula is C17H21FN6O4S. The summed E-state index contributed by atoms with van der Waals surface area (Å²) in [6, 6.07) is 8.08. The zero-order chi connectivity index (χ0) is 20.9. The molecule has 0 radical (unpaired) electrons. The predicted octanol–water partition coefficient (Wildman–Crippen LogP) is 0.815. The van der Waals surface area contributed by atoms with Crippen LogP contribution in [0.5, 0.6) is 0 Å². The average Bonchev–Trinajstić information content (AvgIpc) is 3.11. The lowest BCUT2D eigenvalue weighted by molar-refractivity contribution is -0.0914. The van der Waals surface area contributed by atoms with Crippen molar-refractivity contribution in [2.45, 2.75) is 17.6 Å². The van der Waals surface area contributed by atoms with Crippen molar-refractivity contribution in [2.75, 3.05) is 32.6 Å². The fourth-order valence-corrected chi connectivity index (χ4v) is 3.56. The van der Waals surface area contributed by atoms with Gasteiger partial charge < -0.3 is 14.8 Å². The highest BCUT2D eigenvalue weighted by atomic mass is 32.2. The number of nitrogens with one attached hydrogen (secondary N) is 2. The first-order chi connectivity index (χ1) is 13.9. The van der Waals surface area contributed by atoms with Crippen LogP contribution in [-0.2, 0) is 25.9 Å². The Balaban J connectivity index is 1.65. The molecular weight excluding hydrogens is 403 g/mol. The Morgan fingerprint density at radius 3 is 2.52 bits per heavy atom. The number of sulfonamides is 1. The van der Waals surface area contributed by atoms with E-state index >= 15 is 0 Å². The number of hydrogen-bond acceptors (Lipinski definition) is 8. The number of rotatable bonds is 10. The maximum absolute atomic E-state index is 13.0. The summed E-state index contributed by atoms with van der Waals surface area (Å²) in [5.41, 5.74) is 0.530. The van der Waals surface area contributed by atoms with Gasteiger partial charge in [0, 0.05) is 27.2 Å². The van der Waals surface area contributed by atoms with E-state index in [1.807, 2.05) is 0 Å². The minimum atomic E-state index is -3.75. The van der Waals surface area contributed by atoms with E-state index in [0.717, 1.165) is 12.1 Å². The zero-order valence-corrected chi connectivity index (χ0v) is 16.7. The van der Waals surface area contributed by atoms with Crippen LogP contribution in [0, 0.1) is 5.82 Å². The van der Waals surface area contributed by atoms with Crippen molar-refractivity contribution >= 4 is 21.5 Å². The van der Waals surface area contributed by atoms with E-state index in [1.54, 1.807) is 12.1 Å². The molecule has 2 aromatic heterocycles. The molecule has 12 heteroatoms. The van der Waals surface area contributed by atoms with Gasteiger partial charge >= 0.3 is 0 Å². The molecule has 0 fully saturated rings. The Morgan fingerprint density at radius 1 is 1.10 bits per heavy atom. The summed E-state index contributed by atoms with van der Waals surface area (Å²) in [7, 11) is -0.672. The minimum absolute atomic E-state index is 0.0135. The van der Waals surface area contributed by atoms with Gasteiger partial charge in [0.15, 0.2) is 17.8 Å². The molecule has 156 valence electrons. The Morgan fingerprint density at radius 2 is 1.83 bits per heavy atom. The Kier molecular flexibility index (Phi) is 6.69. The van der Waals surface area contributed by atoms with Gasteiger partial charge in [0.05, 0.1) is 11.4 Å². The van der Waals surface area contributed by atoms with Crippen molar-refractivity contribution in [1.82, 2.24) is 24.5 Å². The van der Waals surface area contributed by atoms with Crippen LogP contribution in [0.15, 0.2) is 41.3 Å². The molecule has 0 spiro atoms. The molecule has 2 heterocycles. The van der Waals surface area contributed by atoms with Crippen molar-refractivity contribution in [3.05, 3.63) is 48.0 Å². The number of halogens is 1. The largest absolute Gasteiger partial charge is 0.364 e. The van der Waals surface area contributed by atoms with Gasteiger partial charge in [-0.15, -0.1) is 15.3 Å². The summed E-state index contributed by atoms with van der Waals surface area (Å²) in [6.07, 6.45) is -0.162. The van der Waals surface area contributed by atoms with Crippen molar-refractivity contribution in [1.29, 1.82) is 0 Å². The number of fused-ring (bicyclic) bond motifs is 1. The summed E-state index contributed by atoms with van der Waals surface area (Å²) in [5, 5.41) is 15.6. The van der Waals surface area contributed by atoms with E-state index in [2.05, 4.69) is 25.3 Å². The lowest BCUT2D eigenvalue weighted by Gasteiger charge is -2.14. The third-order valence-electron chi connectivity index (χ3n) is 4.07. The molecule has 29 heavy (non-hydrogen) atoms. The molecule has 0 bridgehead atoms. The quantitative estimate of drug-likeness (QED) is 0.459. The fraction of sp³-hybridized carbons (Fsp3) is 0.353. The number of ether oxygens (including phenoxy) is 2. The smallest absolute Gasteiger partial charge is 0.240 e. The molecule has 3 aromatic rings. The molecule has 0 saturated heterocycles. The zero-order valence-electron chi connectivity index (χ0n) is 15.9. The first-order valence-electron chi connectivity index (χ1n) is 8.69. The molecule has 10 nitrogen and oxygen atoms in total. The Labute approximate surface area is 167 Å². The maximum atomic E-state index is 13.0. The molecule has 0 amide bonds. The van der Waals surface area contributed by atoms with Crippen LogP contribution in [0.2, 0.25) is 0 Å². The van der Waals surface area contributed by atoms with Crippen molar-refractivity contribution < 1.29 is 22.3 Å². The van der Waals surface area contributed by atoms with Gasteiger partial charge in [0.1, 0.15) is 11.6 Å². The van der Waals surface area contributed by atoms with Crippen molar-refractivity contribution in [2.24, 2.45) is 0 Å². The molecule has 0 saturated carbocycles. The van der Waals surface area contributed by atoms with Crippen molar-refractivity contribution in [3.8, 4) is 0 Å². The van der Waals surface area contributed by atoms with Gasteiger partial charge in [-0.3, -0.25) is 0 Å². The van der Waals surface area contributed by atoms with E-state index < -0.39 is 22.1 Å². The summed E-state index contributed by atoms with van der Waals surface area (Å²) >= 11 is 0. The topological polar surface area (TPSA) is 120 Å². The highest BCUT2D eigenvalue weighted by Crippen LogP contribution is 2.11. The number of methoxy groups -OCH3 is 2. The first kappa shape index (κ1) is 21.0. The monoisotopic (exact) mass is 424 g/mol. The number of aromatic nitrogens is 4. The van der Waals surface area contributed by atoms with E-state index in [-0.39, 0.29) is 17.9 Å². The van der Waals surface area contributed by atoms with Gasteiger partial charge in [-0.25, -0.2) is 17.5 Å². The van der Waals surface area contributed by atoms with E-state index in [9.17, 15) is 12.8 Å². The summed E-state index contributed by atoms with van der Waals surface area (Å²) in [5.74, 6) is 0.543. The molecule has 0 aliphatic heterocycles. The van der Waals surface area contributed by atoms with Gasteiger partial charge in [-0.05, 0) is 36.4 Å². The van der Waals surface area contributed by atoms with E-state index in [4.69, 9.17) is 9.47 Å². The van der Waals surface area contributed by atoms with E-state index in [0.29, 0.717) is 23.8 Å². The number of hydrogen-bond donors (Lipinski definition) is 2. The second-order valence-corrected chi connectivity index (χ2v) is 7.76. The second-order valence-electron chi connectivity index (χ2n) is 5.99. The van der Waals surface area contributed by atoms with Gasteiger partial charge in [0.2, 0.25) is 10.0 Å². The first-order valence-corrected chi connectivity index (χ1v) is 10.2. The number of nitrogens with zero attached hydrogens (tertiary/aromatic N) is 4. The maximum Gasteiger partial charge on any atom is 0.240 e. The summed E-state index contributed by atoms with van der Waals surface area (Å²) in [4.78, 5) is -0.0135. The lowest BCUT2D eigenvalue weighted by atomic mass is 10.4. The van der Waals surface area contributed by atoms with Crippen LogP contribution in [0.4, 0.5) is 10.2 Å². The summed E-state index contributed by atoms with van der Waals surface area (Å²) in [6.45, 7) is 0.468. The lowest BCUT2D eigenvalue weighted by Crippen LogP contribution is -2.26. The van der Waals surface area contributed by atoms with Crippen molar-refractivity contribution in [3.63, 3.8) is 0 Å². The van der Waals surface area contributed by atoms with Crippen LogP contribution in [0.25, 0.3) is 5.65 Å². The third kappa shape index (κ3) is 5.23. The SMILES string of the molecule is COC(CNc1ccc2nnc(CCNS(=O)(=O)c3ccc(F)cc3)n2n1)OC. The van der Waals surface area contributed by atoms with Gasteiger partial charge in [-0.2, -0.15) is 4.52 Å². The highest BCUT2D eigenvalue weighted by Gasteiger charge is 2.15. The normalized spacial score (nSPS) is 12.0. The fourth-order valence-electron chi connectivity index (χ4n) is 2.53. The molecule has 0 atom stereocenters. The summed E-state index contributed by atoms with van der Waals surface area (Å²) < 4.78 is 51.7. The van der Waals surface area contributed by atoms with Crippen LogP contribution >= 0.6 is 0 Å². The molecule has 0 unspecified atom stereocenters. The number of benzene rings is 1. The average molecular weight is 424 g/mol. The molecule has 0 aliphatic rings. The molecule has 3 rings (SSSR count). The second kappa shape index (κ2) is 9.22. The minimum Gasteiger partial charge on any atom is -0.364 e. The standard InChI is InChI=1S/C17H21FN6O4S/c1-27-17(28-2)11-19-14-7-8-15-21-22-16(24(15)23-14)9-10-20-29(25,26)13-5-3-12(18)4-6-13/h3-8,17,20H,9-11H2,1-2H3,(H,19,23). The Hall–Kier alpha value is -2.67. The molecule has 1 aromatic carbocycles. The predicted molar refractivity (Wildman–Crippen MR) is 102 cm³/mol. The van der Waals surface area contributed by atoms with E-state index in [1.165, 1.54) is 30.9 Å². The Bertz CT molecular complexity index is 1050. The van der Waals surface area contributed by atoms with Crippen LogP contribution in [0.3, 0.4) is 0 Å². The van der Waals surface area contributed by atoms with Crippen LogP contribution < -0.4 is 10.0 Å². The highest BCUT2D eigenvalue weighted by molar-refractivity contribution is 7.89. The van der Waals surface area contributed by atoms with Gasteiger partial charge in [0.25, 0.3) is 0 Å². The third-order valence-corrected chi connectivity index (χ3v) is 5.54.